The smallest absolute Gasteiger partial charge is 0.182 e. The van der Waals surface area contributed by atoms with Gasteiger partial charge >= 0.3 is 0 Å². The van der Waals surface area contributed by atoms with Gasteiger partial charge in [0.15, 0.2) is 4.77 Å². The van der Waals surface area contributed by atoms with Crippen molar-refractivity contribution < 1.29 is 0 Å². The molecule has 5 heteroatoms. The number of aromatic amines is 1. The van der Waals surface area contributed by atoms with Crippen LogP contribution in [-0.2, 0) is 0 Å². The molecule has 0 bridgehead atoms. The number of nitrogens with zero attached hydrogens (tertiary/aromatic N) is 2. The van der Waals surface area contributed by atoms with Crippen LogP contribution >= 0.6 is 28.1 Å². The van der Waals surface area contributed by atoms with E-state index in [1.165, 1.54) is 0 Å². The molecule has 0 spiro atoms. The minimum absolute atomic E-state index is 0.680. The molecule has 0 radical (unpaired) electrons. The van der Waals surface area contributed by atoms with Gasteiger partial charge < -0.3 is 4.98 Å². The number of aromatic nitrogens is 3. The van der Waals surface area contributed by atoms with Gasteiger partial charge in [-0.25, -0.2) is 0 Å². The van der Waals surface area contributed by atoms with Crippen LogP contribution in [0.5, 0.6) is 0 Å². The Morgan fingerprint density at radius 3 is 2.95 bits per heavy atom. The summed E-state index contributed by atoms with van der Waals surface area (Å²) in [5.74, 6) is 0. The molecule has 3 nitrogen and oxygen atoms in total. The fourth-order valence-corrected chi connectivity index (χ4v) is 3.26. The van der Waals surface area contributed by atoms with Gasteiger partial charge in [0.2, 0.25) is 0 Å². The highest BCUT2D eigenvalue weighted by Crippen LogP contribution is 2.27. The number of halogens is 1. The molecule has 1 N–H and O–H groups in total. The zero-order valence-electron chi connectivity index (χ0n) is 10.9. The van der Waals surface area contributed by atoms with E-state index in [-0.39, 0.29) is 0 Å². The fourth-order valence-electron chi connectivity index (χ4n) is 2.61. The van der Waals surface area contributed by atoms with E-state index < -0.39 is 0 Å². The molecule has 0 fully saturated rings. The molecule has 0 atom stereocenters. The predicted molar refractivity (Wildman–Crippen MR) is 91.5 cm³/mol. The van der Waals surface area contributed by atoms with Crippen molar-refractivity contribution in [2.75, 3.05) is 0 Å². The minimum Gasteiger partial charge on any atom is -0.330 e. The normalized spacial score (nSPS) is 11.3. The molecular weight excluding hydrogens is 346 g/mol. The number of hydrogen-bond donors (Lipinski definition) is 1. The first-order chi connectivity index (χ1) is 10.2. The van der Waals surface area contributed by atoms with E-state index >= 15 is 0 Å². The summed E-state index contributed by atoms with van der Waals surface area (Å²) in [5, 5.41) is 2.23. The van der Waals surface area contributed by atoms with Crippen LogP contribution in [0.25, 0.3) is 27.5 Å². The quantitative estimate of drug-likeness (QED) is 0.487. The second kappa shape index (κ2) is 4.79. The molecule has 0 saturated heterocycles. The summed E-state index contributed by atoms with van der Waals surface area (Å²) >= 11 is 9.04. The van der Waals surface area contributed by atoms with E-state index in [0.717, 1.165) is 32.0 Å². The maximum Gasteiger partial charge on any atom is 0.182 e. The largest absolute Gasteiger partial charge is 0.330 e. The molecule has 2 aromatic carbocycles. The van der Waals surface area contributed by atoms with Gasteiger partial charge in [0.05, 0.1) is 16.7 Å². The third kappa shape index (κ3) is 2.01. The Labute approximate surface area is 134 Å². The predicted octanol–water partition coefficient (Wildman–Crippen LogP) is 5.00. The zero-order chi connectivity index (χ0) is 14.4. The Kier molecular flexibility index (Phi) is 2.90. The van der Waals surface area contributed by atoms with Crippen molar-refractivity contribution in [2.45, 2.75) is 0 Å². The van der Waals surface area contributed by atoms with Gasteiger partial charge in [0.1, 0.15) is 0 Å². The van der Waals surface area contributed by atoms with Gasteiger partial charge in [0, 0.05) is 22.3 Å². The Balaban J connectivity index is 2.16. The van der Waals surface area contributed by atoms with Crippen LogP contribution in [0.4, 0.5) is 0 Å². The standard InChI is InChI=1S/C16H10BrN3S/c17-11-4-5-13-15(8-11)20(16(21)19-13)14-3-1-2-10-6-7-18-9-12(10)14/h1-9H,(H,19,21). The third-order valence-electron chi connectivity index (χ3n) is 3.55. The number of imidazole rings is 1. The number of rotatable bonds is 1. The van der Waals surface area contributed by atoms with E-state index in [2.05, 4.69) is 48.7 Å². The SMILES string of the molecule is S=c1[nH]c2ccc(Br)cc2n1-c1cccc2ccncc12. The maximum absolute atomic E-state index is 5.51. The molecule has 21 heavy (non-hydrogen) atoms. The Morgan fingerprint density at radius 2 is 2.05 bits per heavy atom. The van der Waals surface area contributed by atoms with Crippen molar-refractivity contribution in [3.05, 3.63) is 64.1 Å². The van der Waals surface area contributed by atoms with Crippen molar-refractivity contribution in [1.29, 1.82) is 0 Å². The Morgan fingerprint density at radius 1 is 1.14 bits per heavy atom. The molecule has 2 heterocycles. The molecule has 0 aliphatic heterocycles. The van der Waals surface area contributed by atoms with Gasteiger partial charge in [-0.2, -0.15) is 0 Å². The lowest BCUT2D eigenvalue weighted by molar-refractivity contribution is 1.07. The van der Waals surface area contributed by atoms with Crippen molar-refractivity contribution in [1.82, 2.24) is 14.5 Å². The van der Waals surface area contributed by atoms with Gasteiger partial charge in [-0.3, -0.25) is 9.55 Å². The first-order valence-corrected chi connectivity index (χ1v) is 7.67. The van der Waals surface area contributed by atoms with Crippen LogP contribution in [0.15, 0.2) is 59.3 Å². The van der Waals surface area contributed by atoms with E-state index in [1.54, 1.807) is 6.20 Å². The van der Waals surface area contributed by atoms with Crippen LogP contribution in [0.2, 0.25) is 0 Å². The molecule has 4 aromatic rings. The lowest BCUT2D eigenvalue weighted by Crippen LogP contribution is -1.95. The first kappa shape index (κ1) is 12.7. The highest BCUT2D eigenvalue weighted by molar-refractivity contribution is 9.10. The van der Waals surface area contributed by atoms with Crippen molar-refractivity contribution in [2.24, 2.45) is 0 Å². The average molecular weight is 356 g/mol. The highest BCUT2D eigenvalue weighted by Gasteiger charge is 2.10. The van der Waals surface area contributed by atoms with E-state index in [9.17, 15) is 0 Å². The van der Waals surface area contributed by atoms with E-state index in [4.69, 9.17) is 12.2 Å². The molecule has 102 valence electrons. The molecule has 2 aromatic heterocycles. The second-order valence-electron chi connectivity index (χ2n) is 4.80. The molecule has 0 amide bonds. The number of fused-ring (bicyclic) bond motifs is 2. The molecule has 0 aliphatic rings. The first-order valence-electron chi connectivity index (χ1n) is 6.47. The maximum atomic E-state index is 5.51. The second-order valence-corrected chi connectivity index (χ2v) is 6.10. The van der Waals surface area contributed by atoms with E-state index in [0.29, 0.717) is 4.77 Å². The topological polar surface area (TPSA) is 33.6 Å². The molecular formula is C16H10BrN3S. The van der Waals surface area contributed by atoms with Gasteiger partial charge in [-0.05, 0) is 47.9 Å². The van der Waals surface area contributed by atoms with Crippen LogP contribution < -0.4 is 0 Å². The fraction of sp³-hybridized carbons (Fsp3) is 0. The van der Waals surface area contributed by atoms with Crippen LogP contribution in [-0.4, -0.2) is 14.5 Å². The number of benzene rings is 2. The molecule has 0 aliphatic carbocycles. The summed E-state index contributed by atoms with van der Waals surface area (Å²) < 4.78 is 3.76. The summed E-state index contributed by atoms with van der Waals surface area (Å²) in [6, 6.07) is 14.3. The number of H-pyrrole nitrogens is 1. The average Bonchev–Trinajstić information content (AvgIpc) is 2.82. The lowest BCUT2D eigenvalue weighted by atomic mass is 10.1. The number of nitrogens with one attached hydrogen (secondary N) is 1. The lowest BCUT2D eigenvalue weighted by Gasteiger charge is -2.08. The summed E-state index contributed by atoms with van der Waals surface area (Å²) in [6.07, 6.45) is 3.68. The van der Waals surface area contributed by atoms with Crippen molar-refractivity contribution in [3.8, 4) is 5.69 Å². The zero-order valence-corrected chi connectivity index (χ0v) is 13.3. The monoisotopic (exact) mass is 355 g/mol. The summed E-state index contributed by atoms with van der Waals surface area (Å²) in [5.41, 5.74) is 3.10. The Bertz CT molecular complexity index is 1030. The van der Waals surface area contributed by atoms with Crippen LogP contribution in [0.1, 0.15) is 0 Å². The van der Waals surface area contributed by atoms with Crippen LogP contribution in [0, 0.1) is 4.77 Å². The Hall–Kier alpha value is -1.98. The molecule has 0 saturated carbocycles. The van der Waals surface area contributed by atoms with Crippen molar-refractivity contribution >= 4 is 50.0 Å². The van der Waals surface area contributed by atoms with Gasteiger partial charge in [0.25, 0.3) is 0 Å². The summed E-state index contributed by atoms with van der Waals surface area (Å²) in [7, 11) is 0. The minimum atomic E-state index is 0.680. The summed E-state index contributed by atoms with van der Waals surface area (Å²) in [6.45, 7) is 0. The molecule has 4 rings (SSSR count). The van der Waals surface area contributed by atoms with Crippen molar-refractivity contribution in [3.63, 3.8) is 0 Å². The highest BCUT2D eigenvalue weighted by atomic mass is 79.9. The van der Waals surface area contributed by atoms with E-state index in [1.807, 2.05) is 30.5 Å². The van der Waals surface area contributed by atoms with Gasteiger partial charge in [-0.15, -0.1) is 0 Å². The van der Waals surface area contributed by atoms with Gasteiger partial charge in [-0.1, -0.05) is 28.1 Å². The third-order valence-corrected chi connectivity index (χ3v) is 4.32. The molecule has 0 unspecified atom stereocenters. The van der Waals surface area contributed by atoms with Crippen LogP contribution in [0.3, 0.4) is 0 Å². The number of hydrogen-bond acceptors (Lipinski definition) is 2. The number of pyridine rings is 1. The summed E-state index contributed by atoms with van der Waals surface area (Å²) in [4.78, 5) is 7.50.